The predicted octanol–water partition coefficient (Wildman–Crippen LogP) is 5.26. The van der Waals surface area contributed by atoms with E-state index in [4.69, 9.17) is 16.3 Å². The molecule has 0 saturated carbocycles. The van der Waals surface area contributed by atoms with Crippen molar-refractivity contribution in [2.24, 2.45) is 0 Å². The molecule has 0 fully saturated rings. The lowest BCUT2D eigenvalue weighted by Crippen LogP contribution is -2.09. The number of halogens is 2. The Morgan fingerprint density at radius 3 is 2.68 bits per heavy atom. The van der Waals surface area contributed by atoms with E-state index >= 15 is 0 Å². The summed E-state index contributed by atoms with van der Waals surface area (Å²) >= 11 is 6.19. The first-order valence-corrected chi connectivity index (χ1v) is 8.16. The largest absolute Gasteiger partial charge is 0.462 e. The number of aryl methyl sites for hydroxylation is 1. The monoisotopic (exact) mass is 358 g/mol. The first-order chi connectivity index (χ1) is 12.0. The maximum atomic E-state index is 13.2. The number of benzene rings is 2. The summed E-state index contributed by atoms with van der Waals surface area (Å²) in [4.78, 5) is 16.7. The van der Waals surface area contributed by atoms with Gasteiger partial charge < -0.3 is 10.1 Å². The molecule has 2 aromatic carbocycles. The number of rotatable bonds is 4. The first-order valence-electron chi connectivity index (χ1n) is 7.78. The van der Waals surface area contributed by atoms with Gasteiger partial charge in [-0.25, -0.2) is 9.18 Å². The number of carbonyl (C=O) groups is 1. The summed E-state index contributed by atoms with van der Waals surface area (Å²) < 4.78 is 18.3. The number of fused-ring (bicyclic) bond motifs is 1. The van der Waals surface area contributed by atoms with Gasteiger partial charge in [0.25, 0.3) is 0 Å². The second kappa shape index (κ2) is 7.07. The number of nitrogens with zero attached hydrogens (tertiary/aromatic N) is 1. The highest BCUT2D eigenvalue weighted by atomic mass is 35.5. The van der Waals surface area contributed by atoms with Crippen LogP contribution in [0.2, 0.25) is 5.02 Å². The van der Waals surface area contributed by atoms with Gasteiger partial charge in [0.1, 0.15) is 11.4 Å². The molecule has 3 aromatic rings. The van der Waals surface area contributed by atoms with E-state index in [1.807, 2.05) is 13.0 Å². The lowest BCUT2D eigenvalue weighted by molar-refractivity contribution is 0.0527. The Morgan fingerprint density at radius 1 is 1.28 bits per heavy atom. The van der Waals surface area contributed by atoms with Gasteiger partial charge in [-0.05, 0) is 55.8 Å². The van der Waals surface area contributed by atoms with Crippen LogP contribution in [-0.4, -0.2) is 17.6 Å². The number of esters is 1. The second-order valence-corrected chi connectivity index (χ2v) is 5.95. The van der Waals surface area contributed by atoms with Gasteiger partial charge in [0.15, 0.2) is 0 Å². The predicted molar refractivity (Wildman–Crippen MR) is 97.1 cm³/mol. The first kappa shape index (κ1) is 17.2. The van der Waals surface area contributed by atoms with Crippen LogP contribution in [0.3, 0.4) is 0 Å². The molecule has 0 amide bonds. The van der Waals surface area contributed by atoms with Gasteiger partial charge in [-0.3, -0.25) is 4.98 Å². The Kier molecular flexibility index (Phi) is 4.86. The number of hydrogen-bond donors (Lipinski definition) is 1. The van der Waals surface area contributed by atoms with Crippen molar-refractivity contribution < 1.29 is 13.9 Å². The fourth-order valence-corrected chi connectivity index (χ4v) is 2.88. The second-order valence-electron chi connectivity index (χ2n) is 5.52. The van der Waals surface area contributed by atoms with Crippen LogP contribution in [-0.2, 0) is 4.74 Å². The smallest absolute Gasteiger partial charge is 0.341 e. The van der Waals surface area contributed by atoms with E-state index in [0.29, 0.717) is 27.3 Å². The molecule has 6 heteroatoms. The zero-order chi connectivity index (χ0) is 18.0. The normalized spacial score (nSPS) is 10.7. The molecule has 0 saturated heterocycles. The Labute approximate surface area is 149 Å². The molecule has 128 valence electrons. The van der Waals surface area contributed by atoms with Crippen LogP contribution in [0.15, 0.2) is 42.6 Å². The van der Waals surface area contributed by atoms with Gasteiger partial charge >= 0.3 is 5.97 Å². The average molecular weight is 359 g/mol. The number of aromatic nitrogens is 1. The van der Waals surface area contributed by atoms with Crippen molar-refractivity contribution in [2.75, 3.05) is 11.9 Å². The van der Waals surface area contributed by atoms with Crippen LogP contribution in [0.1, 0.15) is 22.8 Å². The number of carbonyl (C=O) groups excluding carboxylic acids is 1. The molecule has 4 nitrogen and oxygen atoms in total. The molecule has 1 N–H and O–H groups in total. The van der Waals surface area contributed by atoms with Crippen molar-refractivity contribution >= 4 is 39.8 Å². The van der Waals surface area contributed by atoms with Gasteiger partial charge in [-0.15, -0.1) is 0 Å². The summed E-state index contributed by atoms with van der Waals surface area (Å²) in [6.07, 6.45) is 1.48. The topological polar surface area (TPSA) is 51.2 Å². The Hall–Kier alpha value is -2.66. The lowest BCUT2D eigenvalue weighted by atomic mass is 10.1. The van der Waals surface area contributed by atoms with E-state index in [9.17, 15) is 9.18 Å². The fraction of sp³-hybridized carbons (Fsp3) is 0.158. The van der Waals surface area contributed by atoms with Crippen molar-refractivity contribution in [3.8, 4) is 0 Å². The summed E-state index contributed by atoms with van der Waals surface area (Å²) in [6, 6.07) is 9.41. The highest BCUT2D eigenvalue weighted by Crippen LogP contribution is 2.33. The van der Waals surface area contributed by atoms with Crippen molar-refractivity contribution in [1.82, 2.24) is 4.98 Å². The third-order valence-corrected chi connectivity index (χ3v) is 3.95. The molecule has 1 aromatic heterocycles. The van der Waals surface area contributed by atoms with E-state index in [1.165, 1.54) is 18.3 Å². The quantitative estimate of drug-likeness (QED) is 0.646. The van der Waals surface area contributed by atoms with Crippen molar-refractivity contribution in [1.29, 1.82) is 0 Å². The zero-order valence-corrected chi connectivity index (χ0v) is 14.5. The minimum absolute atomic E-state index is 0.251. The third kappa shape index (κ3) is 3.56. The SMILES string of the molecule is CCOC(=O)c1cnc2c(C)cc(Cl)cc2c1Nc1ccc(F)cc1. The summed E-state index contributed by atoms with van der Waals surface area (Å²) in [6.45, 7) is 3.88. The van der Waals surface area contributed by atoms with E-state index in [1.54, 1.807) is 25.1 Å². The standard InChI is InChI=1S/C19H16ClFN2O2/c1-3-25-19(24)16-10-22-17-11(2)8-12(20)9-15(17)18(16)23-14-6-4-13(21)5-7-14/h4-10H,3H2,1-2H3,(H,22,23). The van der Waals surface area contributed by atoms with Gasteiger partial charge in [0.05, 0.1) is 17.8 Å². The molecule has 3 rings (SSSR count). The molecule has 0 radical (unpaired) electrons. The van der Waals surface area contributed by atoms with E-state index < -0.39 is 5.97 Å². The van der Waals surface area contributed by atoms with Crippen LogP contribution in [0.25, 0.3) is 10.9 Å². The average Bonchev–Trinajstić information content (AvgIpc) is 2.57. The Balaban J connectivity index is 2.21. The number of pyridine rings is 1. The molecule has 0 aliphatic carbocycles. The number of hydrogen-bond acceptors (Lipinski definition) is 4. The number of ether oxygens (including phenoxy) is 1. The summed E-state index contributed by atoms with van der Waals surface area (Å²) in [5, 5.41) is 4.40. The molecule has 0 aliphatic rings. The van der Waals surface area contributed by atoms with Crippen LogP contribution in [0.4, 0.5) is 15.8 Å². The summed E-state index contributed by atoms with van der Waals surface area (Å²) in [5.41, 5.74) is 3.07. The Bertz CT molecular complexity index is 942. The minimum Gasteiger partial charge on any atom is -0.462 e. The zero-order valence-electron chi connectivity index (χ0n) is 13.8. The van der Waals surface area contributed by atoms with E-state index in [0.717, 1.165) is 11.1 Å². The maximum Gasteiger partial charge on any atom is 0.341 e. The highest BCUT2D eigenvalue weighted by Gasteiger charge is 2.18. The summed E-state index contributed by atoms with van der Waals surface area (Å²) in [7, 11) is 0. The van der Waals surface area contributed by atoms with Gasteiger partial charge in [-0.2, -0.15) is 0 Å². The molecule has 0 aliphatic heterocycles. The Morgan fingerprint density at radius 2 is 2.00 bits per heavy atom. The summed E-state index contributed by atoms with van der Waals surface area (Å²) in [5.74, 6) is -0.825. The van der Waals surface area contributed by atoms with Crippen LogP contribution < -0.4 is 5.32 Å². The molecular formula is C19H16ClFN2O2. The van der Waals surface area contributed by atoms with Crippen LogP contribution in [0, 0.1) is 12.7 Å². The number of anilines is 2. The molecule has 0 atom stereocenters. The molecule has 25 heavy (non-hydrogen) atoms. The van der Waals surface area contributed by atoms with Crippen molar-refractivity contribution in [3.05, 3.63) is 64.6 Å². The molecule has 1 heterocycles. The molecule has 0 unspecified atom stereocenters. The third-order valence-electron chi connectivity index (χ3n) is 3.74. The number of nitrogens with one attached hydrogen (secondary N) is 1. The van der Waals surface area contributed by atoms with Gasteiger partial charge in [0, 0.05) is 22.3 Å². The lowest BCUT2D eigenvalue weighted by Gasteiger charge is -2.15. The van der Waals surface area contributed by atoms with Gasteiger partial charge in [0.2, 0.25) is 0 Å². The van der Waals surface area contributed by atoms with Crippen LogP contribution >= 0.6 is 11.6 Å². The molecule has 0 spiro atoms. The molecular weight excluding hydrogens is 343 g/mol. The van der Waals surface area contributed by atoms with Crippen molar-refractivity contribution in [2.45, 2.75) is 13.8 Å². The van der Waals surface area contributed by atoms with E-state index in [2.05, 4.69) is 10.3 Å². The fourth-order valence-electron chi connectivity index (χ4n) is 2.61. The highest BCUT2D eigenvalue weighted by molar-refractivity contribution is 6.31. The maximum absolute atomic E-state index is 13.2. The van der Waals surface area contributed by atoms with Gasteiger partial charge in [-0.1, -0.05) is 11.6 Å². The van der Waals surface area contributed by atoms with Crippen molar-refractivity contribution in [3.63, 3.8) is 0 Å². The molecule has 0 bridgehead atoms. The van der Waals surface area contributed by atoms with E-state index in [-0.39, 0.29) is 12.4 Å². The minimum atomic E-state index is -0.487. The van der Waals surface area contributed by atoms with Crippen LogP contribution in [0.5, 0.6) is 0 Å².